The van der Waals surface area contributed by atoms with Crippen LogP contribution in [0, 0.1) is 5.92 Å². The van der Waals surface area contributed by atoms with Gasteiger partial charge in [-0.25, -0.2) is 4.79 Å². The molecular weight excluding hydrogens is 234 g/mol. The maximum absolute atomic E-state index is 12.3. The molecule has 0 spiro atoms. The first-order valence-electron chi connectivity index (χ1n) is 6.40. The fourth-order valence-corrected chi connectivity index (χ4v) is 2.39. The van der Waals surface area contributed by atoms with Gasteiger partial charge in [0.1, 0.15) is 5.69 Å². The van der Waals surface area contributed by atoms with Gasteiger partial charge in [0.15, 0.2) is 0 Å². The van der Waals surface area contributed by atoms with Crippen molar-refractivity contribution in [3.8, 4) is 0 Å². The average molecular weight is 251 g/mol. The van der Waals surface area contributed by atoms with Crippen molar-refractivity contribution in [2.45, 2.75) is 25.3 Å². The topological polar surface area (TPSA) is 78.2 Å². The summed E-state index contributed by atoms with van der Waals surface area (Å²) < 4.78 is 5.35. The number of carbonyl (C=O) groups is 1. The second-order valence-corrected chi connectivity index (χ2v) is 5.07. The van der Waals surface area contributed by atoms with Crippen LogP contribution in [-0.2, 0) is 4.74 Å². The third-order valence-electron chi connectivity index (χ3n) is 3.55. The minimum absolute atomic E-state index is 0.0808. The second-order valence-electron chi connectivity index (χ2n) is 5.07. The third kappa shape index (κ3) is 2.33. The molecule has 3 rings (SSSR count). The lowest BCUT2D eigenvalue weighted by Crippen LogP contribution is -2.37. The molecule has 0 bridgehead atoms. The number of aromatic nitrogens is 2. The van der Waals surface area contributed by atoms with Crippen LogP contribution in [-0.4, -0.2) is 46.6 Å². The molecule has 6 heteroatoms. The Morgan fingerprint density at radius 2 is 2.28 bits per heavy atom. The fraction of sp³-hybridized carbons (Fsp3) is 0.667. The lowest BCUT2D eigenvalue weighted by Gasteiger charge is -2.24. The zero-order valence-electron chi connectivity index (χ0n) is 10.1. The minimum Gasteiger partial charge on any atom is -0.381 e. The maximum atomic E-state index is 12.3. The Morgan fingerprint density at radius 3 is 2.83 bits per heavy atom. The van der Waals surface area contributed by atoms with Gasteiger partial charge in [-0.2, -0.15) is 0 Å². The van der Waals surface area contributed by atoms with E-state index in [-0.39, 0.29) is 11.6 Å². The van der Waals surface area contributed by atoms with Gasteiger partial charge in [0.25, 0.3) is 5.91 Å². The number of nitrogens with one attached hydrogen (secondary N) is 2. The second kappa shape index (κ2) is 4.61. The van der Waals surface area contributed by atoms with Crippen molar-refractivity contribution in [2.24, 2.45) is 5.92 Å². The smallest absolute Gasteiger partial charge is 0.323 e. The van der Waals surface area contributed by atoms with E-state index >= 15 is 0 Å². The number of ether oxygens (including phenoxy) is 1. The van der Waals surface area contributed by atoms with Gasteiger partial charge in [0.2, 0.25) is 0 Å². The van der Waals surface area contributed by atoms with E-state index in [4.69, 9.17) is 4.74 Å². The Hall–Kier alpha value is -1.56. The van der Waals surface area contributed by atoms with Crippen LogP contribution in [0.5, 0.6) is 0 Å². The molecule has 6 nitrogen and oxygen atoms in total. The van der Waals surface area contributed by atoms with Crippen molar-refractivity contribution >= 4 is 5.91 Å². The lowest BCUT2D eigenvalue weighted by molar-refractivity contribution is 0.0700. The van der Waals surface area contributed by atoms with Crippen molar-refractivity contribution in [3.63, 3.8) is 0 Å². The third-order valence-corrected chi connectivity index (χ3v) is 3.55. The summed E-state index contributed by atoms with van der Waals surface area (Å²) >= 11 is 0. The number of H-pyrrole nitrogens is 2. The van der Waals surface area contributed by atoms with Gasteiger partial charge >= 0.3 is 5.69 Å². The first kappa shape index (κ1) is 11.5. The molecule has 1 aliphatic heterocycles. The predicted octanol–water partition coefficient (Wildman–Crippen LogP) is 0.344. The highest BCUT2D eigenvalue weighted by Crippen LogP contribution is 2.29. The van der Waals surface area contributed by atoms with Crippen LogP contribution in [0.3, 0.4) is 0 Å². The molecule has 2 fully saturated rings. The SMILES string of the molecule is O=C(c1c[nH]c(=O)[nH]1)N(C[C@H]1CCOC1)C1CC1. The van der Waals surface area contributed by atoms with E-state index in [0.29, 0.717) is 17.7 Å². The van der Waals surface area contributed by atoms with Crippen LogP contribution in [0.4, 0.5) is 0 Å². The van der Waals surface area contributed by atoms with Crippen LogP contribution in [0.25, 0.3) is 0 Å². The molecule has 98 valence electrons. The monoisotopic (exact) mass is 251 g/mol. The fourth-order valence-electron chi connectivity index (χ4n) is 2.39. The molecule has 1 aromatic heterocycles. The van der Waals surface area contributed by atoms with Crippen LogP contribution in [0.2, 0.25) is 0 Å². The quantitative estimate of drug-likeness (QED) is 0.810. The van der Waals surface area contributed by atoms with E-state index in [0.717, 1.165) is 39.0 Å². The first-order valence-corrected chi connectivity index (χ1v) is 6.40. The minimum atomic E-state index is -0.335. The van der Waals surface area contributed by atoms with Gasteiger partial charge < -0.3 is 19.6 Å². The summed E-state index contributed by atoms with van der Waals surface area (Å²) in [6.45, 7) is 2.26. The van der Waals surface area contributed by atoms with Gasteiger partial charge in [-0.3, -0.25) is 4.79 Å². The van der Waals surface area contributed by atoms with Crippen LogP contribution in [0.15, 0.2) is 11.0 Å². The first-order chi connectivity index (χ1) is 8.74. The average Bonchev–Trinajstić information content (AvgIpc) is 2.88. The molecule has 0 unspecified atom stereocenters. The van der Waals surface area contributed by atoms with Gasteiger partial charge in [0.05, 0.1) is 6.61 Å². The molecule has 0 aromatic carbocycles. The van der Waals surface area contributed by atoms with Crippen molar-refractivity contribution in [1.29, 1.82) is 0 Å². The highest BCUT2D eigenvalue weighted by Gasteiger charge is 2.35. The van der Waals surface area contributed by atoms with Crippen molar-refractivity contribution in [3.05, 3.63) is 22.4 Å². The molecular formula is C12H17N3O3. The van der Waals surface area contributed by atoms with E-state index in [2.05, 4.69) is 9.97 Å². The maximum Gasteiger partial charge on any atom is 0.323 e. The molecule has 1 amide bonds. The number of nitrogens with zero attached hydrogens (tertiary/aromatic N) is 1. The van der Waals surface area contributed by atoms with E-state index in [1.807, 2.05) is 4.90 Å². The Kier molecular flexibility index (Phi) is 2.95. The Balaban J connectivity index is 1.72. The highest BCUT2D eigenvalue weighted by atomic mass is 16.5. The molecule has 0 radical (unpaired) electrons. The largest absolute Gasteiger partial charge is 0.381 e. The zero-order valence-corrected chi connectivity index (χ0v) is 10.1. The van der Waals surface area contributed by atoms with Crippen LogP contribution >= 0.6 is 0 Å². The van der Waals surface area contributed by atoms with Gasteiger partial charge in [-0.05, 0) is 19.3 Å². The summed E-state index contributed by atoms with van der Waals surface area (Å²) in [7, 11) is 0. The van der Waals surface area contributed by atoms with E-state index in [1.165, 1.54) is 6.20 Å². The summed E-state index contributed by atoms with van der Waals surface area (Å²) in [5, 5.41) is 0. The lowest BCUT2D eigenvalue weighted by atomic mass is 10.1. The molecule has 1 aromatic rings. The zero-order chi connectivity index (χ0) is 12.5. The van der Waals surface area contributed by atoms with Crippen molar-refractivity contribution in [1.82, 2.24) is 14.9 Å². The van der Waals surface area contributed by atoms with Crippen LogP contribution < -0.4 is 5.69 Å². The molecule has 2 heterocycles. The Morgan fingerprint density at radius 1 is 1.44 bits per heavy atom. The summed E-state index contributed by atoms with van der Waals surface area (Å²) in [5.74, 6) is 0.350. The summed E-state index contributed by atoms with van der Waals surface area (Å²) in [6, 6.07) is 0.344. The molecule has 2 aliphatic rings. The number of hydrogen-bond acceptors (Lipinski definition) is 3. The molecule has 2 N–H and O–H groups in total. The number of hydrogen-bond donors (Lipinski definition) is 2. The summed E-state index contributed by atoms with van der Waals surface area (Å²) in [6.07, 6.45) is 4.59. The Bertz CT molecular complexity index is 483. The van der Waals surface area contributed by atoms with Crippen molar-refractivity contribution < 1.29 is 9.53 Å². The summed E-state index contributed by atoms with van der Waals surface area (Å²) in [5.41, 5.74) is 0.0177. The van der Waals surface area contributed by atoms with Crippen LogP contribution in [0.1, 0.15) is 29.8 Å². The van der Waals surface area contributed by atoms with E-state index < -0.39 is 0 Å². The van der Waals surface area contributed by atoms with Gasteiger partial charge in [-0.15, -0.1) is 0 Å². The van der Waals surface area contributed by atoms with Crippen molar-refractivity contribution in [2.75, 3.05) is 19.8 Å². The van der Waals surface area contributed by atoms with E-state index in [9.17, 15) is 9.59 Å². The molecule has 1 saturated carbocycles. The number of aromatic amines is 2. The molecule has 1 saturated heterocycles. The van der Waals surface area contributed by atoms with E-state index in [1.54, 1.807) is 0 Å². The predicted molar refractivity (Wildman–Crippen MR) is 64.4 cm³/mol. The number of amides is 1. The number of carbonyl (C=O) groups excluding carboxylic acids is 1. The number of imidazole rings is 1. The van der Waals surface area contributed by atoms with Gasteiger partial charge in [-0.1, -0.05) is 0 Å². The molecule has 1 aliphatic carbocycles. The summed E-state index contributed by atoms with van der Waals surface area (Å²) in [4.78, 5) is 30.3. The van der Waals surface area contributed by atoms with Gasteiger partial charge in [0, 0.05) is 31.3 Å². The standard InChI is InChI=1S/C12H17N3O3/c16-11(10-5-13-12(17)14-10)15(9-1-2-9)6-8-3-4-18-7-8/h5,8-9H,1-4,6-7H2,(H2,13,14,17)/t8-/m1/s1. The highest BCUT2D eigenvalue weighted by molar-refractivity contribution is 5.92. The Labute approximate surface area is 104 Å². The number of rotatable bonds is 4. The molecule has 1 atom stereocenters. The normalized spacial score (nSPS) is 23.2. The molecule has 18 heavy (non-hydrogen) atoms.